The van der Waals surface area contributed by atoms with E-state index in [1.807, 2.05) is 11.9 Å². The summed E-state index contributed by atoms with van der Waals surface area (Å²) in [5.74, 6) is 0.387. The molecule has 0 spiro atoms. The fourth-order valence-electron chi connectivity index (χ4n) is 2.72. The number of nitro groups is 1. The number of nitro benzene ring substituents is 1. The van der Waals surface area contributed by atoms with Crippen molar-refractivity contribution >= 4 is 31.6 Å². The lowest BCUT2D eigenvalue weighted by Crippen LogP contribution is -2.47. The van der Waals surface area contributed by atoms with Crippen molar-refractivity contribution in [3.63, 3.8) is 0 Å². The van der Waals surface area contributed by atoms with E-state index in [1.54, 1.807) is 24.3 Å². The predicted molar refractivity (Wildman–Crippen MR) is 104 cm³/mol. The molecular formula is C17H18BrN3O5S. The van der Waals surface area contributed by atoms with Crippen LogP contribution in [0, 0.1) is 10.1 Å². The van der Waals surface area contributed by atoms with Crippen LogP contribution in [-0.2, 0) is 10.0 Å². The molecule has 0 saturated carbocycles. The number of halogens is 1. The lowest BCUT2D eigenvalue weighted by molar-refractivity contribution is -0.385. The standard InChI is InChI=1S/C17H18BrN3O5S/c1-19-7-9-20(10-8-19)27(24,25)15-5-6-17(16(12-15)21(22)23)26-14-4-2-3-13(18)11-14/h2-6,11-12H,7-10H2,1H3. The van der Waals surface area contributed by atoms with E-state index in [9.17, 15) is 18.5 Å². The normalized spacial score (nSPS) is 16.2. The number of rotatable bonds is 5. The third kappa shape index (κ3) is 4.46. The molecule has 0 N–H and O–H groups in total. The van der Waals surface area contributed by atoms with E-state index in [0.717, 1.165) is 10.5 Å². The molecule has 1 fully saturated rings. The van der Waals surface area contributed by atoms with Gasteiger partial charge in [-0.3, -0.25) is 10.1 Å². The molecule has 144 valence electrons. The number of piperazine rings is 1. The average molecular weight is 456 g/mol. The maximum absolute atomic E-state index is 12.8. The fourth-order valence-corrected chi connectivity index (χ4v) is 4.54. The zero-order valence-corrected chi connectivity index (χ0v) is 16.9. The Bertz CT molecular complexity index is 959. The second-order valence-electron chi connectivity index (χ2n) is 6.15. The minimum atomic E-state index is -3.80. The van der Waals surface area contributed by atoms with Crippen LogP contribution >= 0.6 is 15.9 Å². The van der Waals surface area contributed by atoms with Crippen molar-refractivity contribution in [2.24, 2.45) is 0 Å². The van der Waals surface area contributed by atoms with Crippen molar-refractivity contribution in [1.29, 1.82) is 0 Å². The second-order valence-corrected chi connectivity index (χ2v) is 9.01. The zero-order chi connectivity index (χ0) is 19.6. The van der Waals surface area contributed by atoms with Gasteiger partial charge in [-0.05, 0) is 37.4 Å². The molecule has 0 amide bonds. The van der Waals surface area contributed by atoms with E-state index < -0.39 is 20.6 Å². The van der Waals surface area contributed by atoms with Crippen LogP contribution in [0.15, 0.2) is 51.8 Å². The van der Waals surface area contributed by atoms with Crippen LogP contribution < -0.4 is 4.74 Å². The molecule has 10 heteroatoms. The topological polar surface area (TPSA) is 93.0 Å². The van der Waals surface area contributed by atoms with Gasteiger partial charge in [-0.25, -0.2) is 8.42 Å². The molecule has 3 rings (SSSR count). The summed E-state index contributed by atoms with van der Waals surface area (Å²) in [7, 11) is -1.88. The second kappa shape index (κ2) is 7.93. The van der Waals surface area contributed by atoms with Gasteiger partial charge in [-0.2, -0.15) is 4.31 Å². The predicted octanol–water partition coefficient (Wildman–Crippen LogP) is 3.09. The first-order valence-corrected chi connectivity index (χ1v) is 10.4. The van der Waals surface area contributed by atoms with Crippen LogP contribution in [0.4, 0.5) is 5.69 Å². The Morgan fingerprint density at radius 3 is 2.44 bits per heavy atom. The van der Waals surface area contributed by atoms with Gasteiger partial charge in [0.25, 0.3) is 0 Å². The molecule has 8 nitrogen and oxygen atoms in total. The minimum Gasteiger partial charge on any atom is -0.450 e. The number of benzene rings is 2. The van der Waals surface area contributed by atoms with Gasteiger partial charge < -0.3 is 9.64 Å². The Labute approximate surface area is 165 Å². The van der Waals surface area contributed by atoms with Crippen molar-refractivity contribution in [3.05, 3.63) is 57.1 Å². The van der Waals surface area contributed by atoms with Gasteiger partial charge in [0.2, 0.25) is 15.8 Å². The molecule has 1 heterocycles. The van der Waals surface area contributed by atoms with Crippen LogP contribution in [0.3, 0.4) is 0 Å². The van der Waals surface area contributed by atoms with E-state index in [-0.39, 0.29) is 10.6 Å². The minimum absolute atomic E-state index is 0.0181. The quantitative estimate of drug-likeness (QED) is 0.507. The van der Waals surface area contributed by atoms with E-state index in [4.69, 9.17) is 4.74 Å². The van der Waals surface area contributed by atoms with Gasteiger partial charge >= 0.3 is 5.69 Å². The summed E-state index contributed by atoms with van der Waals surface area (Å²) in [6, 6.07) is 10.6. The van der Waals surface area contributed by atoms with E-state index in [1.165, 1.54) is 16.4 Å². The highest BCUT2D eigenvalue weighted by atomic mass is 79.9. The maximum Gasteiger partial charge on any atom is 0.312 e. The van der Waals surface area contributed by atoms with Crippen molar-refractivity contribution in [2.75, 3.05) is 33.2 Å². The summed E-state index contributed by atoms with van der Waals surface area (Å²) < 4.78 is 33.3. The molecule has 0 unspecified atom stereocenters. The highest BCUT2D eigenvalue weighted by Crippen LogP contribution is 2.35. The molecule has 1 aliphatic heterocycles. The number of sulfonamides is 1. The molecule has 2 aromatic carbocycles. The Balaban J connectivity index is 1.92. The van der Waals surface area contributed by atoms with Crippen LogP contribution in [0.1, 0.15) is 0 Å². The zero-order valence-electron chi connectivity index (χ0n) is 14.5. The number of hydrogen-bond acceptors (Lipinski definition) is 6. The summed E-state index contributed by atoms with van der Waals surface area (Å²) in [6.07, 6.45) is 0. The average Bonchev–Trinajstić information content (AvgIpc) is 2.62. The highest BCUT2D eigenvalue weighted by Gasteiger charge is 2.30. The van der Waals surface area contributed by atoms with Gasteiger partial charge in [0.05, 0.1) is 9.82 Å². The van der Waals surface area contributed by atoms with Gasteiger partial charge in [0.15, 0.2) is 0 Å². The van der Waals surface area contributed by atoms with Crippen molar-refractivity contribution in [3.8, 4) is 11.5 Å². The first-order chi connectivity index (χ1) is 12.8. The third-order valence-corrected chi connectivity index (χ3v) is 6.64. The van der Waals surface area contributed by atoms with Gasteiger partial charge in [0.1, 0.15) is 5.75 Å². The Kier molecular flexibility index (Phi) is 5.80. The van der Waals surface area contributed by atoms with E-state index >= 15 is 0 Å². The SMILES string of the molecule is CN1CCN(S(=O)(=O)c2ccc(Oc3cccc(Br)c3)c([N+](=O)[O-])c2)CC1. The van der Waals surface area contributed by atoms with Crippen LogP contribution in [-0.4, -0.2) is 55.8 Å². The first-order valence-electron chi connectivity index (χ1n) is 8.18. The smallest absolute Gasteiger partial charge is 0.312 e. The highest BCUT2D eigenvalue weighted by molar-refractivity contribution is 9.10. The number of nitrogens with zero attached hydrogens (tertiary/aromatic N) is 3. The first kappa shape index (κ1) is 19.7. The largest absolute Gasteiger partial charge is 0.450 e. The van der Waals surface area contributed by atoms with Gasteiger partial charge in [-0.1, -0.05) is 22.0 Å². The summed E-state index contributed by atoms with van der Waals surface area (Å²) in [5.41, 5.74) is -0.398. The number of ether oxygens (including phenoxy) is 1. The van der Waals surface area contributed by atoms with Crippen LogP contribution in [0.5, 0.6) is 11.5 Å². The Hall–Kier alpha value is -2.01. The van der Waals surface area contributed by atoms with Gasteiger partial charge in [-0.15, -0.1) is 0 Å². The Morgan fingerprint density at radius 1 is 1.11 bits per heavy atom. The summed E-state index contributed by atoms with van der Waals surface area (Å²) in [4.78, 5) is 12.8. The molecule has 2 aromatic rings. The molecule has 0 aromatic heterocycles. The number of likely N-dealkylation sites (N-methyl/N-ethyl adjacent to an activating group) is 1. The van der Waals surface area contributed by atoms with Crippen LogP contribution in [0.2, 0.25) is 0 Å². The van der Waals surface area contributed by atoms with Gasteiger partial charge in [0, 0.05) is 36.7 Å². The summed E-state index contributed by atoms with van der Waals surface area (Å²) >= 11 is 3.31. The van der Waals surface area contributed by atoms with E-state index in [0.29, 0.717) is 31.9 Å². The van der Waals surface area contributed by atoms with Crippen molar-refractivity contribution < 1.29 is 18.1 Å². The number of hydrogen-bond donors (Lipinski definition) is 0. The molecular weight excluding hydrogens is 438 g/mol. The van der Waals surface area contributed by atoms with Crippen molar-refractivity contribution in [2.45, 2.75) is 4.90 Å². The molecule has 27 heavy (non-hydrogen) atoms. The maximum atomic E-state index is 12.8. The molecule has 0 atom stereocenters. The molecule has 0 aliphatic carbocycles. The van der Waals surface area contributed by atoms with Crippen LogP contribution in [0.25, 0.3) is 0 Å². The molecule has 0 radical (unpaired) electrons. The Morgan fingerprint density at radius 2 is 1.81 bits per heavy atom. The monoisotopic (exact) mass is 455 g/mol. The lowest BCUT2D eigenvalue weighted by Gasteiger charge is -2.31. The fraction of sp³-hybridized carbons (Fsp3) is 0.294. The van der Waals surface area contributed by atoms with E-state index in [2.05, 4.69) is 15.9 Å². The molecule has 1 saturated heterocycles. The molecule has 0 bridgehead atoms. The summed E-state index contributed by atoms with van der Waals surface area (Å²) in [6.45, 7) is 1.93. The third-order valence-electron chi connectivity index (χ3n) is 4.25. The lowest BCUT2D eigenvalue weighted by atomic mass is 10.3. The summed E-state index contributed by atoms with van der Waals surface area (Å²) in [5, 5.41) is 11.5. The molecule has 1 aliphatic rings. The van der Waals surface area contributed by atoms with Crippen molar-refractivity contribution in [1.82, 2.24) is 9.21 Å².